The van der Waals surface area contributed by atoms with Crippen molar-refractivity contribution in [2.75, 3.05) is 20.2 Å². The Morgan fingerprint density at radius 3 is 2.18 bits per heavy atom. The lowest BCUT2D eigenvalue weighted by molar-refractivity contribution is -0.121. The van der Waals surface area contributed by atoms with Crippen molar-refractivity contribution in [3.8, 4) is 5.75 Å². The van der Waals surface area contributed by atoms with Crippen LogP contribution in [-0.4, -0.2) is 38.8 Å². The maximum Gasteiger partial charge on any atom is 0.243 e. The van der Waals surface area contributed by atoms with Gasteiger partial charge in [-0.3, -0.25) is 4.79 Å². The Labute approximate surface area is 198 Å². The second-order valence-electron chi connectivity index (χ2n) is 7.30. The van der Waals surface area contributed by atoms with E-state index >= 15 is 0 Å². The quantitative estimate of drug-likeness (QED) is 0.465. The van der Waals surface area contributed by atoms with E-state index in [0.717, 1.165) is 15.6 Å². The van der Waals surface area contributed by atoms with E-state index in [0.29, 0.717) is 23.6 Å². The first-order chi connectivity index (χ1) is 15.8. The summed E-state index contributed by atoms with van der Waals surface area (Å²) in [5.41, 5.74) is 1.56. The summed E-state index contributed by atoms with van der Waals surface area (Å²) in [6.45, 7) is -0.126. The molecule has 0 bridgehead atoms. The number of halogens is 2. The van der Waals surface area contributed by atoms with Gasteiger partial charge < -0.3 is 10.1 Å². The van der Waals surface area contributed by atoms with Crippen LogP contribution in [0, 0.1) is 5.82 Å². The normalized spacial score (nSPS) is 11.4. The Balaban J connectivity index is 1.70. The molecule has 3 aromatic carbocycles. The average molecular weight is 491 g/mol. The molecule has 174 valence electrons. The standard InChI is InChI=1S/C24H24ClFN2O4S/c1-32-22-10-4-18(5-11-22)14-15-27-24(29)17-28(16-19-2-8-21(26)9-3-19)33(30,31)23-12-6-20(25)7-13-23/h2-13H,14-17H2,1H3,(H,27,29). The highest BCUT2D eigenvalue weighted by Crippen LogP contribution is 2.21. The highest BCUT2D eigenvalue weighted by atomic mass is 35.5. The van der Waals surface area contributed by atoms with E-state index in [-0.39, 0.29) is 18.0 Å². The van der Waals surface area contributed by atoms with Gasteiger partial charge >= 0.3 is 0 Å². The number of ether oxygens (including phenoxy) is 1. The second-order valence-corrected chi connectivity index (χ2v) is 9.68. The van der Waals surface area contributed by atoms with E-state index in [9.17, 15) is 17.6 Å². The molecule has 0 aliphatic carbocycles. The molecule has 0 fully saturated rings. The highest BCUT2D eigenvalue weighted by molar-refractivity contribution is 7.89. The molecule has 0 aliphatic heterocycles. The molecule has 3 aromatic rings. The van der Waals surface area contributed by atoms with Gasteiger partial charge in [0.25, 0.3) is 0 Å². The van der Waals surface area contributed by atoms with Crippen LogP contribution in [0.1, 0.15) is 11.1 Å². The minimum Gasteiger partial charge on any atom is -0.497 e. The van der Waals surface area contributed by atoms with Gasteiger partial charge in [-0.05, 0) is 66.1 Å². The number of carbonyl (C=O) groups is 1. The number of hydrogen-bond acceptors (Lipinski definition) is 4. The van der Waals surface area contributed by atoms with Crippen molar-refractivity contribution in [1.29, 1.82) is 0 Å². The van der Waals surface area contributed by atoms with Gasteiger partial charge in [-0.15, -0.1) is 0 Å². The summed E-state index contributed by atoms with van der Waals surface area (Å²) in [6, 6.07) is 18.7. The Morgan fingerprint density at radius 1 is 0.970 bits per heavy atom. The smallest absolute Gasteiger partial charge is 0.243 e. The summed E-state index contributed by atoms with van der Waals surface area (Å²) in [7, 11) is -2.41. The van der Waals surface area contributed by atoms with E-state index in [1.807, 2.05) is 24.3 Å². The third-order valence-corrected chi connectivity index (χ3v) is 7.00. The van der Waals surface area contributed by atoms with Gasteiger partial charge in [-0.2, -0.15) is 4.31 Å². The van der Waals surface area contributed by atoms with E-state index in [1.54, 1.807) is 7.11 Å². The summed E-state index contributed by atoms with van der Waals surface area (Å²) in [6.07, 6.45) is 0.581. The SMILES string of the molecule is COc1ccc(CCNC(=O)CN(Cc2ccc(F)cc2)S(=O)(=O)c2ccc(Cl)cc2)cc1. The van der Waals surface area contributed by atoms with Crippen LogP contribution < -0.4 is 10.1 Å². The van der Waals surface area contributed by atoms with E-state index < -0.39 is 21.7 Å². The number of nitrogens with zero attached hydrogens (tertiary/aromatic N) is 1. The van der Waals surface area contributed by atoms with Gasteiger partial charge in [0.1, 0.15) is 11.6 Å². The zero-order chi connectivity index (χ0) is 23.8. The Hall–Kier alpha value is -2.94. The number of sulfonamides is 1. The van der Waals surface area contributed by atoms with Gasteiger partial charge in [0.15, 0.2) is 0 Å². The van der Waals surface area contributed by atoms with Gasteiger partial charge in [0.2, 0.25) is 15.9 Å². The molecule has 1 amide bonds. The van der Waals surface area contributed by atoms with Crippen LogP contribution in [0.15, 0.2) is 77.7 Å². The molecule has 9 heteroatoms. The average Bonchev–Trinajstić information content (AvgIpc) is 2.81. The Morgan fingerprint density at radius 2 is 1.58 bits per heavy atom. The predicted molar refractivity (Wildman–Crippen MR) is 125 cm³/mol. The molecular formula is C24H24ClFN2O4S. The summed E-state index contributed by atoms with van der Waals surface area (Å²) < 4.78 is 45.9. The first-order valence-electron chi connectivity index (χ1n) is 10.2. The number of methoxy groups -OCH3 is 1. The van der Waals surface area contributed by atoms with Gasteiger partial charge in [0.05, 0.1) is 18.6 Å². The minimum atomic E-state index is -4.00. The number of carbonyl (C=O) groups excluding carboxylic acids is 1. The van der Waals surface area contributed by atoms with Gasteiger partial charge in [0, 0.05) is 18.1 Å². The molecule has 0 heterocycles. The van der Waals surface area contributed by atoms with Crippen LogP contribution in [0.3, 0.4) is 0 Å². The van der Waals surface area contributed by atoms with Crippen LogP contribution in [-0.2, 0) is 27.8 Å². The van der Waals surface area contributed by atoms with Gasteiger partial charge in [-0.25, -0.2) is 12.8 Å². The summed E-state index contributed by atoms with van der Waals surface area (Å²) in [5.74, 6) is -0.128. The number of amides is 1. The highest BCUT2D eigenvalue weighted by Gasteiger charge is 2.27. The second kappa shape index (κ2) is 11.3. The van der Waals surface area contributed by atoms with Crippen molar-refractivity contribution in [2.45, 2.75) is 17.9 Å². The Kier molecular flexibility index (Phi) is 8.43. The molecule has 3 rings (SSSR count). The molecule has 0 aromatic heterocycles. The summed E-state index contributed by atoms with van der Waals surface area (Å²) in [5, 5.41) is 3.16. The van der Waals surface area contributed by atoms with Crippen molar-refractivity contribution < 1.29 is 22.3 Å². The maximum atomic E-state index is 13.3. The molecule has 1 N–H and O–H groups in total. The number of rotatable bonds is 10. The monoisotopic (exact) mass is 490 g/mol. The topological polar surface area (TPSA) is 75.7 Å². The zero-order valence-corrected chi connectivity index (χ0v) is 19.6. The molecule has 6 nitrogen and oxygen atoms in total. The Bertz CT molecular complexity index is 1170. The lowest BCUT2D eigenvalue weighted by Crippen LogP contribution is -2.40. The predicted octanol–water partition coefficient (Wildman–Crippen LogP) is 4.04. The molecule has 0 aliphatic rings. The minimum absolute atomic E-state index is 0.0139. The first-order valence-corrected chi connectivity index (χ1v) is 12.0. The van der Waals surface area contributed by atoms with Crippen molar-refractivity contribution in [3.05, 3.63) is 94.8 Å². The van der Waals surface area contributed by atoms with Crippen molar-refractivity contribution >= 4 is 27.5 Å². The fraction of sp³-hybridized carbons (Fsp3) is 0.208. The third kappa shape index (κ3) is 7.02. The largest absolute Gasteiger partial charge is 0.497 e. The lowest BCUT2D eigenvalue weighted by atomic mass is 10.1. The molecule has 33 heavy (non-hydrogen) atoms. The molecule has 0 unspecified atom stereocenters. The lowest BCUT2D eigenvalue weighted by Gasteiger charge is -2.22. The van der Waals surface area contributed by atoms with Crippen LogP contribution in [0.4, 0.5) is 4.39 Å². The molecule has 0 spiro atoms. The van der Waals surface area contributed by atoms with Gasteiger partial charge in [-0.1, -0.05) is 35.9 Å². The number of nitrogens with one attached hydrogen (secondary N) is 1. The molecule has 0 saturated carbocycles. The zero-order valence-electron chi connectivity index (χ0n) is 18.0. The van der Waals surface area contributed by atoms with Crippen LogP contribution in [0.25, 0.3) is 0 Å². The summed E-state index contributed by atoms with van der Waals surface area (Å²) >= 11 is 5.88. The fourth-order valence-corrected chi connectivity index (χ4v) is 4.64. The van der Waals surface area contributed by atoms with Crippen LogP contribution >= 0.6 is 11.6 Å². The first kappa shape index (κ1) is 24.7. The maximum absolute atomic E-state index is 13.3. The third-order valence-electron chi connectivity index (χ3n) is 4.94. The van der Waals surface area contributed by atoms with Crippen molar-refractivity contribution in [1.82, 2.24) is 9.62 Å². The molecule has 0 saturated heterocycles. The molecule has 0 radical (unpaired) electrons. The fourth-order valence-electron chi connectivity index (χ4n) is 3.13. The summed E-state index contributed by atoms with van der Waals surface area (Å²) in [4.78, 5) is 12.6. The van der Waals surface area contributed by atoms with E-state index in [4.69, 9.17) is 16.3 Å². The van der Waals surface area contributed by atoms with Crippen molar-refractivity contribution in [2.24, 2.45) is 0 Å². The van der Waals surface area contributed by atoms with Crippen molar-refractivity contribution in [3.63, 3.8) is 0 Å². The molecule has 0 atom stereocenters. The van der Waals surface area contributed by atoms with E-state index in [2.05, 4.69) is 5.32 Å². The number of hydrogen-bond donors (Lipinski definition) is 1. The van der Waals surface area contributed by atoms with E-state index in [1.165, 1.54) is 48.5 Å². The molecular weight excluding hydrogens is 467 g/mol. The number of benzene rings is 3. The van der Waals surface area contributed by atoms with Crippen LogP contribution in [0.2, 0.25) is 5.02 Å². The van der Waals surface area contributed by atoms with Crippen LogP contribution in [0.5, 0.6) is 5.75 Å².